The zero-order valence-electron chi connectivity index (χ0n) is 23.2. The summed E-state index contributed by atoms with van der Waals surface area (Å²) in [5.41, 5.74) is 2.86. The van der Waals surface area contributed by atoms with Crippen LogP contribution in [-0.4, -0.2) is 80.6 Å². The minimum atomic E-state index is -4.54. The molecule has 0 radical (unpaired) electrons. The quantitative estimate of drug-likeness (QED) is 0.364. The van der Waals surface area contributed by atoms with Gasteiger partial charge in [0.2, 0.25) is 5.91 Å². The molecule has 4 heterocycles. The largest absolute Gasteiger partial charge is 0.433 e. The number of aliphatic imine (C=N–C) groups is 1. The van der Waals surface area contributed by atoms with Gasteiger partial charge in [-0.05, 0) is 30.5 Å². The maximum absolute atomic E-state index is 13.5. The van der Waals surface area contributed by atoms with E-state index in [4.69, 9.17) is 0 Å². The van der Waals surface area contributed by atoms with Crippen LogP contribution in [0.4, 0.5) is 13.2 Å². The molecule has 1 saturated heterocycles. The van der Waals surface area contributed by atoms with E-state index in [9.17, 15) is 22.8 Å². The Morgan fingerprint density at radius 3 is 2.49 bits per heavy atom. The van der Waals surface area contributed by atoms with Gasteiger partial charge in [-0.1, -0.05) is 38.0 Å². The molecule has 0 atom stereocenters. The fourth-order valence-corrected chi connectivity index (χ4v) is 5.46. The van der Waals surface area contributed by atoms with Crippen LogP contribution in [0.1, 0.15) is 65.5 Å². The summed E-state index contributed by atoms with van der Waals surface area (Å²) in [7, 11) is 0. The average molecular weight is 567 g/mol. The van der Waals surface area contributed by atoms with E-state index in [1.165, 1.54) is 12.3 Å². The number of hydrogen-bond acceptors (Lipinski definition) is 5. The zero-order chi connectivity index (χ0) is 29.1. The monoisotopic (exact) mass is 566 g/mol. The Morgan fingerprint density at radius 1 is 1.02 bits per heavy atom. The van der Waals surface area contributed by atoms with Gasteiger partial charge in [-0.25, -0.2) is 4.98 Å². The van der Waals surface area contributed by atoms with Crippen molar-refractivity contribution in [3.63, 3.8) is 0 Å². The van der Waals surface area contributed by atoms with Crippen LogP contribution in [0.5, 0.6) is 0 Å². The summed E-state index contributed by atoms with van der Waals surface area (Å²) in [6, 6.07) is 5.61. The van der Waals surface area contributed by atoms with Crippen LogP contribution in [0.15, 0.2) is 47.9 Å². The summed E-state index contributed by atoms with van der Waals surface area (Å²) in [6.07, 6.45) is 5.46. The number of piperazine rings is 1. The van der Waals surface area contributed by atoms with Crippen LogP contribution in [0.2, 0.25) is 0 Å². The molecule has 2 aliphatic rings. The normalized spacial score (nSPS) is 15.8. The Hall–Kier alpha value is -4.02. The van der Waals surface area contributed by atoms with E-state index in [2.05, 4.69) is 21.9 Å². The maximum Gasteiger partial charge on any atom is 0.433 e. The fourth-order valence-electron chi connectivity index (χ4n) is 5.46. The Balaban J connectivity index is 1.27. The topological polar surface area (TPSA) is 83.2 Å². The number of nitrogens with zero attached hydrogens (tertiary/aromatic N) is 6. The van der Waals surface area contributed by atoms with Crippen molar-refractivity contribution in [3.05, 3.63) is 70.9 Å². The summed E-state index contributed by atoms with van der Waals surface area (Å²) in [4.78, 5) is 41.8. The molecule has 2 amide bonds. The van der Waals surface area contributed by atoms with Crippen molar-refractivity contribution in [2.24, 2.45) is 4.99 Å². The van der Waals surface area contributed by atoms with Crippen molar-refractivity contribution >= 4 is 28.7 Å². The Labute approximate surface area is 236 Å². The Morgan fingerprint density at radius 2 is 1.78 bits per heavy atom. The van der Waals surface area contributed by atoms with E-state index in [-0.39, 0.29) is 23.9 Å². The molecule has 0 aliphatic carbocycles. The molecule has 2 aliphatic heterocycles. The van der Waals surface area contributed by atoms with Gasteiger partial charge >= 0.3 is 6.18 Å². The third kappa shape index (κ3) is 6.03. The lowest BCUT2D eigenvalue weighted by Crippen LogP contribution is -2.50. The molecular weight excluding hydrogens is 533 g/mol. The number of halogens is 3. The van der Waals surface area contributed by atoms with Gasteiger partial charge in [0.05, 0.1) is 24.1 Å². The highest BCUT2D eigenvalue weighted by Crippen LogP contribution is 2.32. The highest BCUT2D eigenvalue weighted by Gasteiger charge is 2.40. The number of hydrogen-bond donors (Lipinski definition) is 0. The second-order valence-corrected chi connectivity index (χ2v) is 10.5. The number of carbonyl (C=O) groups is 2. The van der Waals surface area contributed by atoms with Gasteiger partial charge in [-0.15, -0.1) is 0 Å². The first-order chi connectivity index (χ1) is 19.7. The van der Waals surface area contributed by atoms with Gasteiger partial charge < -0.3 is 9.80 Å². The molecule has 1 aromatic carbocycles. The van der Waals surface area contributed by atoms with E-state index in [0.29, 0.717) is 61.6 Å². The number of unbranched alkanes of at least 4 members (excludes halogenated alkanes) is 2. The molecule has 5 rings (SSSR count). The third-order valence-corrected chi connectivity index (χ3v) is 7.65. The van der Waals surface area contributed by atoms with Crippen LogP contribution in [0.3, 0.4) is 0 Å². The summed E-state index contributed by atoms with van der Waals surface area (Å²) >= 11 is 0. The summed E-state index contributed by atoms with van der Waals surface area (Å²) in [5, 5.41) is 0. The number of alkyl halides is 3. The highest BCUT2D eigenvalue weighted by atomic mass is 19.4. The molecule has 0 unspecified atom stereocenters. The summed E-state index contributed by atoms with van der Waals surface area (Å²) in [6.45, 7) is 6.07. The number of aromatic nitrogens is 3. The van der Waals surface area contributed by atoms with Crippen LogP contribution in [0.25, 0.3) is 11.2 Å². The zero-order valence-corrected chi connectivity index (χ0v) is 23.2. The van der Waals surface area contributed by atoms with Gasteiger partial charge in [0.1, 0.15) is 5.71 Å². The number of fused-ring (bicyclic) bond motifs is 1. The van der Waals surface area contributed by atoms with Gasteiger partial charge in [0, 0.05) is 62.6 Å². The van der Waals surface area contributed by atoms with Crippen molar-refractivity contribution in [1.29, 1.82) is 0 Å². The first kappa shape index (κ1) is 28.5. The summed E-state index contributed by atoms with van der Waals surface area (Å²) in [5.74, 6) is 0.102. The van der Waals surface area contributed by atoms with Crippen molar-refractivity contribution in [3.8, 4) is 0 Å². The van der Waals surface area contributed by atoms with Gasteiger partial charge in [0.15, 0.2) is 5.65 Å². The van der Waals surface area contributed by atoms with Crippen LogP contribution >= 0.6 is 0 Å². The van der Waals surface area contributed by atoms with E-state index in [0.717, 1.165) is 30.4 Å². The number of aryl methyl sites for hydroxylation is 1. The number of amides is 2. The van der Waals surface area contributed by atoms with E-state index < -0.39 is 11.9 Å². The van der Waals surface area contributed by atoms with Gasteiger partial charge in [0.25, 0.3) is 5.91 Å². The molecule has 11 heteroatoms. The van der Waals surface area contributed by atoms with Crippen LogP contribution in [-0.2, 0) is 11.2 Å². The third-order valence-electron chi connectivity index (χ3n) is 7.65. The van der Waals surface area contributed by atoms with Gasteiger partial charge in [-0.3, -0.25) is 24.0 Å². The predicted molar refractivity (Wildman–Crippen MR) is 150 cm³/mol. The lowest BCUT2D eigenvalue weighted by Gasteiger charge is -2.35. The van der Waals surface area contributed by atoms with E-state index in [1.807, 2.05) is 30.0 Å². The minimum absolute atomic E-state index is 0.0163. The standard InChI is InChI=1S/C30H33F3N6O2/c1-3-4-5-6-26(40)37-13-15-38(16-14-37)29(41)22-8-7-21(17-20(22)2)18-24-28-36-19-25(39(28)12-11-34-24)23-9-10-35-27(23)30(31,32)33/h7-9,11-12,17,19H,3-6,10,13-16,18H2,1-2H3. The number of rotatable bonds is 8. The molecule has 1 fully saturated rings. The van der Waals surface area contributed by atoms with Crippen LogP contribution < -0.4 is 0 Å². The average Bonchev–Trinajstić information content (AvgIpc) is 3.61. The SMILES string of the molecule is CCCCCC(=O)N1CCN(C(=O)c2ccc(Cc3nccn4c(C5=CCN=C5C(F)(F)F)cnc34)cc2C)CC1. The fraction of sp³-hybridized carbons (Fsp3) is 0.433. The Kier molecular flexibility index (Phi) is 8.23. The molecule has 0 N–H and O–H groups in total. The molecule has 0 spiro atoms. The number of carbonyl (C=O) groups excluding carboxylic acids is 2. The van der Waals surface area contributed by atoms with Crippen molar-refractivity contribution in [2.75, 3.05) is 32.7 Å². The number of imidazole rings is 1. The lowest BCUT2D eigenvalue weighted by atomic mass is 10.0. The van der Waals surface area contributed by atoms with E-state index >= 15 is 0 Å². The lowest BCUT2D eigenvalue weighted by molar-refractivity contribution is -0.132. The van der Waals surface area contributed by atoms with Crippen LogP contribution in [0, 0.1) is 6.92 Å². The first-order valence-corrected chi connectivity index (χ1v) is 14.0. The highest BCUT2D eigenvalue weighted by molar-refractivity contribution is 6.27. The molecular formula is C30H33F3N6O2. The van der Waals surface area contributed by atoms with Gasteiger partial charge in [-0.2, -0.15) is 13.2 Å². The molecule has 216 valence electrons. The van der Waals surface area contributed by atoms with E-state index in [1.54, 1.807) is 21.7 Å². The minimum Gasteiger partial charge on any atom is -0.339 e. The molecule has 0 bridgehead atoms. The molecule has 0 saturated carbocycles. The number of benzene rings is 1. The van der Waals surface area contributed by atoms with Crippen molar-refractivity contribution in [2.45, 2.75) is 52.1 Å². The Bertz CT molecular complexity index is 1520. The second kappa shape index (κ2) is 11.8. The molecule has 41 heavy (non-hydrogen) atoms. The molecule has 2 aromatic heterocycles. The second-order valence-electron chi connectivity index (χ2n) is 10.5. The maximum atomic E-state index is 13.5. The molecule has 3 aromatic rings. The smallest absolute Gasteiger partial charge is 0.339 e. The van der Waals surface area contributed by atoms with Crippen molar-refractivity contribution < 1.29 is 22.8 Å². The predicted octanol–water partition coefficient (Wildman–Crippen LogP) is 4.89. The molecule has 8 nitrogen and oxygen atoms in total. The number of allylic oxidation sites excluding steroid dienone is 1. The first-order valence-electron chi connectivity index (χ1n) is 14.0. The van der Waals surface area contributed by atoms with Crippen molar-refractivity contribution in [1.82, 2.24) is 24.2 Å². The summed E-state index contributed by atoms with van der Waals surface area (Å²) < 4.78 is 42.0.